The molecule has 2 nitrogen and oxygen atoms in total. The lowest BCUT2D eigenvalue weighted by molar-refractivity contribution is -0.174. The molecule has 0 fully saturated rings. The van der Waals surface area contributed by atoms with Crippen molar-refractivity contribution < 1.29 is 18.0 Å². The maximum atomic E-state index is 11.5. The molecule has 0 aromatic carbocycles. The van der Waals surface area contributed by atoms with Crippen LogP contribution < -0.4 is 5.32 Å². The maximum Gasteiger partial charge on any atom is 0.471 e. The van der Waals surface area contributed by atoms with Crippen LogP contribution in [0, 0.1) is 6.92 Å². The second kappa shape index (κ2) is 3.59. The number of halogens is 3. The van der Waals surface area contributed by atoms with Gasteiger partial charge in [-0.25, -0.2) is 0 Å². The number of carbonyl (C=O) groups excluding carboxylic acids is 1. The van der Waals surface area contributed by atoms with Crippen molar-refractivity contribution in [3.63, 3.8) is 0 Å². The molecule has 0 spiro atoms. The van der Waals surface area contributed by atoms with Gasteiger partial charge >= 0.3 is 12.1 Å². The summed E-state index contributed by atoms with van der Waals surface area (Å²) in [6.07, 6.45) is -4.55. The summed E-state index contributed by atoms with van der Waals surface area (Å²) >= 11 is 0. The van der Waals surface area contributed by atoms with E-state index < -0.39 is 18.1 Å². The van der Waals surface area contributed by atoms with E-state index in [4.69, 9.17) is 0 Å². The lowest BCUT2D eigenvalue weighted by atomic mass is 10.2. The van der Waals surface area contributed by atoms with Crippen LogP contribution in [-0.4, -0.2) is 18.1 Å². The molecule has 0 heterocycles. The topological polar surface area (TPSA) is 29.1 Å². The van der Waals surface area contributed by atoms with Crippen LogP contribution in [0.3, 0.4) is 0 Å². The minimum Gasteiger partial charge on any atom is -0.346 e. The molecule has 0 rings (SSSR count). The van der Waals surface area contributed by atoms with Gasteiger partial charge in [-0.15, -0.1) is 0 Å². The highest BCUT2D eigenvalue weighted by Crippen LogP contribution is 2.14. The summed E-state index contributed by atoms with van der Waals surface area (Å²) in [5.74, 6) is -1.91. The minimum atomic E-state index is -4.79. The fourth-order valence-corrected chi connectivity index (χ4v) is 0.378. The Morgan fingerprint density at radius 3 is 2.36 bits per heavy atom. The monoisotopic (exact) mass is 168 g/mol. The number of nitrogens with one attached hydrogen (secondary N) is 1. The van der Waals surface area contributed by atoms with Gasteiger partial charge in [0.2, 0.25) is 0 Å². The van der Waals surface area contributed by atoms with E-state index in [1.807, 2.05) is 0 Å². The summed E-state index contributed by atoms with van der Waals surface area (Å²) in [7, 11) is 0. The first-order valence-corrected chi connectivity index (χ1v) is 3.05. The van der Waals surface area contributed by atoms with Gasteiger partial charge in [-0.1, -0.05) is 6.92 Å². The highest BCUT2D eigenvalue weighted by molar-refractivity contribution is 5.81. The Bertz CT molecular complexity index is 143. The van der Waals surface area contributed by atoms with E-state index in [0.717, 1.165) is 0 Å². The van der Waals surface area contributed by atoms with E-state index >= 15 is 0 Å². The van der Waals surface area contributed by atoms with Crippen molar-refractivity contribution in [2.75, 3.05) is 0 Å². The molecule has 0 saturated carbocycles. The Morgan fingerprint density at radius 1 is 1.64 bits per heavy atom. The smallest absolute Gasteiger partial charge is 0.346 e. The average molecular weight is 168 g/mol. The molecule has 1 unspecified atom stereocenters. The Kier molecular flexibility index (Phi) is 3.35. The van der Waals surface area contributed by atoms with E-state index in [9.17, 15) is 18.0 Å². The fourth-order valence-electron chi connectivity index (χ4n) is 0.378. The summed E-state index contributed by atoms with van der Waals surface area (Å²) in [6, 6.07) is -0.538. The van der Waals surface area contributed by atoms with Crippen molar-refractivity contribution in [2.45, 2.75) is 25.6 Å². The van der Waals surface area contributed by atoms with Crippen molar-refractivity contribution in [3.05, 3.63) is 6.92 Å². The molecule has 0 aromatic rings. The molecule has 0 aromatic heterocycles. The molecule has 0 saturated heterocycles. The largest absolute Gasteiger partial charge is 0.471 e. The average Bonchev–Trinajstić information content (AvgIpc) is 1.85. The molecule has 5 heteroatoms. The van der Waals surface area contributed by atoms with Crippen LogP contribution in [-0.2, 0) is 4.79 Å². The Balaban J connectivity index is 3.88. The summed E-state index contributed by atoms with van der Waals surface area (Å²) in [5.41, 5.74) is 0. The minimum absolute atomic E-state index is 0.238. The Labute approximate surface area is 62.8 Å². The number of alkyl halides is 3. The molecule has 1 radical (unpaired) electrons. The quantitative estimate of drug-likeness (QED) is 0.661. The summed E-state index contributed by atoms with van der Waals surface area (Å²) in [5, 5.41) is 1.74. The third-order valence-electron chi connectivity index (χ3n) is 1.07. The Morgan fingerprint density at radius 2 is 2.09 bits per heavy atom. The van der Waals surface area contributed by atoms with Gasteiger partial charge < -0.3 is 5.32 Å². The third-order valence-corrected chi connectivity index (χ3v) is 1.07. The van der Waals surface area contributed by atoms with Crippen LogP contribution >= 0.6 is 0 Å². The van der Waals surface area contributed by atoms with Crippen LogP contribution in [0.1, 0.15) is 13.3 Å². The molecule has 0 aliphatic carbocycles. The second-order valence-corrected chi connectivity index (χ2v) is 2.16. The first kappa shape index (κ1) is 10.3. The number of amides is 1. The zero-order chi connectivity index (χ0) is 9.07. The van der Waals surface area contributed by atoms with Crippen LogP contribution in [0.5, 0.6) is 0 Å². The molecule has 0 aliphatic heterocycles. The Hall–Kier alpha value is -0.740. The van der Waals surface area contributed by atoms with Gasteiger partial charge in [0.05, 0.1) is 0 Å². The second-order valence-electron chi connectivity index (χ2n) is 2.16. The van der Waals surface area contributed by atoms with E-state index in [0.29, 0.717) is 0 Å². The zero-order valence-electron chi connectivity index (χ0n) is 6.03. The van der Waals surface area contributed by atoms with Gasteiger partial charge in [0.15, 0.2) is 0 Å². The molecule has 0 bridgehead atoms. The number of carbonyl (C=O) groups is 1. The summed E-state index contributed by atoms with van der Waals surface area (Å²) in [4.78, 5) is 10.2. The molecule has 11 heavy (non-hydrogen) atoms. The highest BCUT2D eigenvalue weighted by atomic mass is 19.4. The molecule has 1 amide bonds. The van der Waals surface area contributed by atoms with Crippen molar-refractivity contribution in [1.82, 2.24) is 5.32 Å². The van der Waals surface area contributed by atoms with Crippen LogP contribution in [0.25, 0.3) is 0 Å². The van der Waals surface area contributed by atoms with Gasteiger partial charge in [-0.05, 0) is 13.3 Å². The van der Waals surface area contributed by atoms with E-state index in [2.05, 4.69) is 6.92 Å². The van der Waals surface area contributed by atoms with Crippen LogP contribution in [0.15, 0.2) is 0 Å². The predicted molar refractivity (Wildman–Crippen MR) is 33.6 cm³/mol. The van der Waals surface area contributed by atoms with Gasteiger partial charge in [-0.2, -0.15) is 13.2 Å². The molecule has 0 aliphatic rings. The van der Waals surface area contributed by atoms with Crippen molar-refractivity contribution in [2.24, 2.45) is 0 Å². The fraction of sp³-hybridized carbons (Fsp3) is 0.667. The predicted octanol–water partition coefficient (Wildman–Crippen LogP) is 1.28. The van der Waals surface area contributed by atoms with Crippen LogP contribution in [0.4, 0.5) is 13.2 Å². The molecule has 1 N–H and O–H groups in total. The molecule has 1 atom stereocenters. The van der Waals surface area contributed by atoms with E-state index in [-0.39, 0.29) is 6.42 Å². The molecular formula is C6H9F3NO. The van der Waals surface area contributed by atoms with E-state index in [1.54, 1.807) is 5.32 Å². The number of rotatable bonds is 2. The van der Waals surface area contributed by atoms with Gasteiger partial charge in [0, 0.05) is 6.04 Å². The molecular weight excluding hydrogens is 159 g/mol. The first-order chi connectivity index (χ1) is 4.88. The zero-order valence-corrected chi connectivity index (χ0v) is 6.03. The lowest BCUT2D eigenvalue weighted by Gasteiger charge is -2.12. The van der Waals surface area contributed by atoms with Crippen molar-refractivity contribution in [3.8, 4) is 0 Å². The van der Waals surface area contributed by atoms with Crippen molar-refractivity contribution in [1.29, 1.82) is 0 Å². The van der Waals surface area contributed by atoms with E-state index in [1.165, 1.54) is 6.92 Å². The molecule has 65 valence electrons. The third kappa shape index (κ3) is 3.85. The summed E-state index contributed by atoms with van der Waals surface area (Å²) < 4.78 is 34.5. The lowest BCUT2D eigenvalue weighted by Crippen LogP contribution is -2.41. The van der Waals surface area contributed by atoms with Gasteiger partial charge in [0.1, 0.15) is 0 Å². The maximum absolute atomic E-state index is 11.5. The van der Waals surface area contributed by atoms with Gasteiger partial charge in [0.25, 0.3) is 0 Å². The standard InChI is InChI=1S/C6H9F3NO/c1-3-4(2)10-5(11)6(7,8)9/h4H,1,3H2,2H3,(H,10,11). The first-order valence-electron chi connectivity index (χ1n) is 3.05. The number of hydrogen-bond acceptors (Lipinski definition) is 1. The SMILES string of the molecule is [CH2]CC(C)NC(=O)C(F)(F)F. The number of hydrogen-bond donors (Lipinski definition) is 1. The van der Waals surface area contributed by atoms with Gasteiger partial charge in [-0.3, -0.25) is 4.79 Å². The van der Waals surface area contributed by atoms with Crippen molar-refractivity contribution >= 4 is 5.91 Å². The summed E-state index contributed by atoms with van der Waals surface area (Å²) in [6.45, 7) is 4.79. The highest BCUT2D eigenvalue weighted by Gasteiger charge is 2.38. The van der Waals surface area contributed by atoms with Crippen LogP contribution in [0.2, 0.25) is 0 Å². The normalized spacial score (nSPS) is 14.3.